The Balaban J connectivity index is 1.56. The normalized spacial score (nSPS) is 14.5. The summed E-state index contributed by atoms with van der Waals surface area (Å²) in [4.78, 5) is 29.5. The molecule has 206 valence electrons. The van der Waals surface area contributed by atoms with Gasteiger partial charge in [-0.3, -0.25) is 9.59 Å². The Morgan fingerprint density at radius 1 is 0.897 bits per heavy atom. The van der Waals surface area contributed by atoms with Gasteiger partial charge in [0, 0.05) is 29.8 Å². The van der Waals surface area contributed by atoms with Gasteiger partial charge in [0.25, 0.3) is 0 Å². The van der Waals surface area contributed by atoms with Crippen LogP contribution in [0.15, 0.2) is 72.8 Å². The van der Waals surface area contributed by atoms with E-state index in [1.165, 1.54) is 23.1 Å². The fourth-order valence-electron chi connectivity index (χ4n) is 5.38. The fourth-order valence-corrected chi connectivity index (χ4v) is 6.35. The average molecular weight is 563 g/mol. The van der Waals surface area contributed by atoms with Gasteiger partial charge in [0.2, 0.25) is 11.8 Å². The molecule has 1 fully saturated rings. The van der Waals surface area contributed by atoms with Crippen molar-refractivity contribution in [2.75, 3.05) is 5.75 Å². The molecule has 2 amide bonds. The molecular formula is C33H39ClN2O2S. The van der Waals surface area contributed by atoms with E-state index < -0.39 is 6.04 Å². The summed E-state index contributed by atoms with van der Waals surface area (Å²) >= 11 is 7.74. The number of aryl methyl sites for hydroxylation is 2. The van der Waals surface area contributed by atoms with Gasteiger partial charge in [-0.25, -0.2) is 0 Å². The minimum atomic E-state index is -0.598. The third-order valence-electron chi connectivity index (χ3n) is 7.26. The van der Waals surface area contributed by atoms with Gasteiger partial charge in [0.1, 0.15) is 6.04 Å². The zero-order valence-electron chi connectivity index (χ0n) is 23.0. The van der Waals surface area contributed by atoms with Crippen LogP contribution in [0.1, 0.15) is 59.9 Å². The molecular weight excluding hydrogens is 524 g/mol. The molecule has 0 heterocycles. The summed E-state index contributed by atoms with van der Waals surface area (Å²) in [7, 11) is 0. The van der Waals surface area contributed by atoms with Gasteiger partial charge in [-0.05, 0) is 55.5 Å². The highest BCUT2D eigenvalue weighted by Gasteiger charge is 2.31. The Bertz CT molecular complexity index is 1210. The number of rotatable bonds is 11. The number of nitrogens with one attached hydrogen (secondary N) is 1. The number of carbonyl (C=O) groups excluding carboxylic acids is 2. The fraction of sp³-hybridized carbons (Fsp3) is 0.394. The van der Waals surface area contributed by atoms with E-state index in [0.717, 1.165) is 42.6 Å². The van der Waals surface area contributed by atoms with Crippen LogP contribution in [0.2, 0.25) is 5.02 Å². The molecule has 39 heavy (non-hydrogen) atoms. The lowest BCUT2D eigenvalue weighted by molar-refractivity contribution is -0.139. The van der Waals surface area contributed by atoms with E-state index in [9.17, 15) is 9.59 Å². The standard InChI is InChI=1S/C33H39ClN2O2S/c1-24-17-25(2)19-28(18-24)22-39-23-32(37)36(21-27-13-15-29(34)16-14-27)31(20-26-9-5-3-6-10-26)33(38)35-30-11-7-4-8-12-30/h3,5-6,9-10,13-19,30-31H,4,7-8,11-12,20-23H2,1-2H3,(H,35,38). The van der Waals surface area contributed by atoms with E-state index in [1.807, 2.05) is 54.6 Å². The highest BCUT2D eigenvalue weighted by atomic mass is 35.5. The van der Waals surface area contributed by atoms with E-state index in [1.54, 1.807) is 16.7 Å². The SMILES string of the molecule is Cc1cc(C)cc(CSCC(=O)N(Cc2ccc(Cl)cc2)C(Cc2ccccc2)C(=O)NC2CCCCC2)c1. The van der Waals surface area contributed by atoms with E-state index in [2.05, 4.69) is 37.4 Å². The summed E-state index contributed by atoms with van der Waals surface area (Å²) in [5, 5.41) is 3.95. The molecule has 3 aromatic rings. The summed E-state index contributed by atoms with van der Waals surface area (Å²) < 4.78 is 0. The molecule has 0 aliphatic heterocycles. The van der Waals surface area contributed by atoms with Crippen LogP contribution >= 0.6 is 23.4 Å². The first-order chi connectivity index (χ1) is 18.9. The lowest BCUT2D eigenvalue weighted by Gasteiger charge is -2.33. The molecule has 0 spiro atoms. The lowest BCUT2D eigenvalue weighted by atomic mass is 9.94. The quantitative estimate of drug-likeness (QED) is 0.267. The maximum atomic E-state index is 13.9. The van der Waals surface area contributed by atoms with Gasteiger partial charge < -0.3 is 10.2 Å². The summed E-state index contributed by atoms with van der Waals surface area (Å²) in [6.45, 7) is 4.55. The Kier molecular flexibility index (Phi) is 10.9. The van der Waals surface area contributed by atoms with E-state index in [4.69, 9.17) is 11.6 Å². The predicted molar refractivity (Wildman–Crippen MR) is 163 cm³/mol. The van der Waals surface area contributed by atoms with Crippen LogP contribution in [0.4, 0.5) is 0 Å². The van der Waals surface area contributed by atoms with Crippen molar-refractivity contribution >= 4 is 35.2 Å². The predicted octanol–water partition coefficient (Wildman–Crippen LogP) is 7.28. The Morgan fingerprint density at radius 3 is 2.23 bits per heavy atom. The third-order valence-corrected chi connectivity index (χ3v) is 8.51. The molecule has 4 nitrogen and oxygen atoms in total. The maximum Gasteiger partial charge on any atom is 0.243 e. The van der Waals surface area contributed by atoms with Gasteiger partial charge in [-0.2, -0.15) is 0 Å². The van der Waals surface area contributed by atoms with Crippen LogP contribution in [0, 0.1) is 13.8 Å². The molecule has 0 saturated heterocycles. The van der Waals surface area contributed by atoms with Gasteiger partial charge in [0.05, 0.1) is 5.75 Å². The topological polar surface area (TPSA) is 49.4 Å². The molecule has 6 heteroatoms. The zero-order valence-corrected chi connectivity index (χ0v) is 24.6. The number of hydrogen-bond acceptors (Lipinski definition) is 3. The summed E-state index contributed by atoms with van der Waals surface area (Å²) in [6.07, 6.45) is 5.97. The van der Waals surface area contributed by atoms with Crippen molar-refractivity contribution in [1.29, 1.82) is 0 Å². The van der Waals surface area contributed by atoms with Crippen LogP contribution in [0.5, 0.6) is 0 Å². The molecule has 1 N–H and O–H groups in total. The van der Waals surface area contributed by atoms with Crippen LogP contribution in [-0.4, -0.2) is 34.6 Å². The van der Waals surface area contributed by atoms with Crippen LogP contribution < -0.4 is 5.32 Å². The highest BCUT2D eigenvalue weighted by Crippen LogP contribution is 2.22. The van der Waals surface area contributed by atoms with Crippen molar-refractivity contribution < 1.29 is 9.59 Å². The van der Waals surface area contributed by atoms with Crippen LogP contribution in [-0.2, 0) is 28.3 Å². The molecule has 3 aromatic carbocycles. The second kappa shape index (κ2) is 14.6. The smallest absolute Gasteiger partial charge is 0.243 e. The monoisotopic (exact) mass is 562 g/mol. The molecule has 1 saturated carbocycles. The summed E-state index contributed by atoms with van der Waals surface area (Å²) in [6, 6.07) is 23.6. The van der Waals surface area contributed by atoms with E-state index in [0.29, 0.717) is 23.7 Å². The second-order valence-electron chi connectivity index (χ2n) is 10.7. The minimum absolute atomic E-state index is 0.0287. The third kappa shape index (κ3) is 9.15. The van der Waals surface area contributed by atoms with Crippen LogP contribution in [0.3, 0.4) is 0 Å². The van der Waals surface area contributed by atoms with Gasteiger partial charge in [-0.1, -0.05) is 103 Å². The van der Waals surface area contributed by atoms with Crippen molar-refractivity contribution in [2.45, 2.75) is 76.8 Å². The first kappa shape index (κ1) is 29.2. The first-order valence-corrected chi connectivity index (χ1v) is 15.4. The minimum Gasteiger partial charge on any atom is -0.352 e. The van der Waals surface area contributed by atoms with Crippen molar-refractivity contribution in [2.24, 2.45) is 0 Å². The molecule has 1 atom stereocenters. The number of hydrogen-bond donors (Lipinski definition) is 1. The Labute approximate surface area is 242 Å². The van der Waals surface area contributed by atoms with E-state index in [-0.39, 0.29) is 17.9 Å². The number of amides is 2. The Hall–Kier alpha value is -2.76. The number of halogens is 1. The number of benzene rings is 3. The van der Waals surface area contributed by atoms with Gasteiger partial charge in [0.15, 0.2) is 0 Å². The summed E-state index contributed by atoms with van der Waals surface area (Å²) in [5.41, 5.74) is 5.66. The molecule has 1 unspecified atom stereocenters. The van der Waals surface area contributed by atoms with Crippen molar-refractivity contribution in [3.05, 3.63) is 106 Å². The second-order valence-corrected chi connectivity index (χ2v) is 12.1. The van der Waals surface area contributed by atoms with Crippen LogP contribution in [0.25, 0.3) is 0 Å². The highest BCUT2D eigenvalue weighted by molar-refractivity contribution is 7.99. The molecule has 0 bridgehead atoms. The Morgan fingerprint density at radius 2 is 1.56 bits per heavy atom. The summed E-state index contributed by atoms with van der Waals surface area (Å²) in [5.74, 6) is 0.968. The zero-order chi connectivity index (χ0) is 27.6. The average Bonchev–Trinajstić information content (AvgIpc) is 2.92. The largest absolute Gasteiger partial charge is 0.352 e. The molecule has 0 radical (unpaired) electrons. The number of carbonyl (C=O) groups is 2. The first-order valence-electron chi connectivity index (χ1n) is 13.9. The van der Waals surface area contributed by atoms with Crippen molar-refractivity contribution in [1.82, 2.24) is 10.2 Å². The lowest BCUT2D eigenvalue weighted by Crippen LogP contribution is -2.53. The number of thioether (sulfide) groups is 1. The van der Waals surface area contributed by atoms with Crippen molar-refractivity contribution in [3.8, 4) is 0 Å². The molecule has 1 aliphatic rings. The molecule has 4 rings (SSSR count). The van der Waals surface area contributed by atoms with E-state index >= 15 is 0 Å². The maximum absolute atomic E-state index is 13.9. The van der Waals surface area contributed by atoms with Gasteiger partial charge in [-0.15, -0.1) is 11.8 Å². The van der Waals surface area contributed by atoms with Crippen molar-refractivity contribution in [3.63, 3.8) is 0 Å². The van der Waals surface area contributed by atoms with Gasteiger partial charge >= 0.3 is 0 Å². The molecule has 0 aromatic heterocycles. The number of nitrogens with zero attached hydrogens (tertiary/aromatic N) is 1. The molecule has 1 aliphatic carbocycles.